The van der Waals surface area contributed by atoms with E-state index in [1.54, 1.807) is 37.3 Å². The molecule has 0 saturated heterocycles. The number of para-hydroxylation sites is 1. The third kappa shape index (κ3) is 5.43. The van der Waals surface area contributed by atoms with Gasteiger partial charge in [0.05, 0.1) is 5.69 Å². The molecule has 2 aromatic carbocycles. The van der Waals surface area contributed by atoms with Crippen LogP contribution in [-0.4, -0.2) is 25.1 Å². The lowest BCUT2D eigenvalue weighted by molar-refractivity contribution is -0.149. The second-order valence-electron chi connectivity index (χ2n) is 4.79. The summed E-state index contributed by atoms with van der Waals surface area (Å²) in [6.45, 7) is 0.920. The van der Waals surface area contributed by atoms with E-state index in [4.69, 9.17) is 9.47 Å². The summed E-state index contributed by atoms with van der Waals surface area (Å²) in [4.78, 5) is 23.1. The Labute approximate surface area is 133 Å². The number of halogens is 1. The molecular weight excluding hydrogens is 301 g/mol. The van der Waals surface area contributed by atoms with E-state index >= 15 is 0 Å². The van der Waals surface area contributed by atoms with Crippen molar-refractivity contribution in [3.05, 3.63) is 59.9 Å². The lowest BCUT2D eigenvalue weighted by Crippen LogP contribution is -2.24. The summed E-state index contributed by atoms with van der Waals surface area (Å²) < 4.78 is 23.5. The van der Waals surface area contributed by atoms with Gasteiger partial charge in [0.15, 0.2) is 13.2 Å². The SMILES string of the molecule is Cc1ccc(NC(=O)COC(=O)COc2ccccc2)c(F)c1. The molecule has 1 N–H and O–H groups in total. The van der Waals surface area contributed by atoms with Gasteiger partial charge in [-0.2, -0.15) is 0 Å². The Kier molecular flexibility index (Phi) is 5.68. The largest absolute Gasteiger partial charge is 0.482 e. The molecule has 0 aliphatic rings. The summed E-state index contributed by atoms with van der Waals surface area (Å²) in [5, 5.41) is 2.33. The Morgan fingerprint density at radius 3 is 2.52 bits per heavy atom. The molecule has 120 valence electrons. The summed E-state index contributed by atoms with van der Waals surface area (Å²) in [5.74, 6) is -1.33. The smallest absolute Gasteiger partial charge is 0.344 e. The van der Waals surface area contributed by atoms with Gasteiger partial charge in [0, 0.05) is 0 Å². The maximum atomic E-state index is 13.6. The molecule has 2 rings (SSSR count). The Balaban J connectivity index is 1.74. The van der Waals surface area contributed by atoms with Gasteiger partial charge in [-0.15, -0.1) is 0 Å². The highest BCUT2D eigenvalue weighted by Crippen LogP contribution is 2.15. The number of esters is 1. The molecule has 0 spiro atoms. The van der Waals surface area contributed by atoms with Crippen LogP contribution < -0.4 is 10.1 Å². The van der Waals surface area contributed by atoms with Crippen molar-refractivity contribution < 1.29 is 23.5 Å². The quantitative estimate of drug-likeness (QED) is 0.832. The van der Waals surface area contributed by atoms with Gasteiger partial charge in [0.2, 0.25) is 0 Å². The average molecular weight is 317 g/mol. The van der Waals surface area contributed by atoms with Crippen LogP contribution >= 0.6 is 0 Å². The molecule has 0 saturated carbocycles. The number of carbonyl (C=O) groups is 2. The number of carbonyl (C=O) groups excluding carboxylic acids is 2. The minimum atomic E-state index is -0.687. The number of hydrogen-bond acceptors (Lipinski definition) is 4. The number of benzene rings is 2. The molecule has 5 nitrogen and oxygen atoms in total. The van der Waals surface area contributed by atoms with Crippen LogP contribution in [0, 0.1) is 12.7 Å². The fourth-order valence-electron chi connectivity index (χ4n) is 1.75. The molecule has 1 amide bonds. The zero-order valence-electron chi connectivity index (χ0n) is 12.5. The minimum Gasteiger partial charge on any atom is -0.482 e. The van der Waals surface area contributed by atoms with E-state index in [-0.39, 0.29) is 12.3 Å². The van der Waals surface area contributed by atoms with Crippen molar-refractivity contribution in [3.8, 4) is 5.75 Å². The Morgan fingerprint density at radius 2 is 1.83 bits per heavy atom. The second kappa shape index (κ2) is 7.93. The summed E-state index contributed by atoms with van der Waals surface area (Å²) in [5.41, 5.74) is 0.780. The minimum absolute atomic E-state index is 0.0391. The molecule has 0 aromatic heterocycles. The van der Waals surface area contributed by atoms with Crippen molar-refractivity contribution in [2.75, 3.05) is 18.5 Å². The molecule has 0 aliphatic heterocycles. The zero-order valence-corrected chi connectivity index (χ0v) is 12.5. The van der Waals surface area contributed by atoms with Crippen LogP contribution in [-0.2, 0) is 14.3 Å². The lowest BCUT2D eigenvalue weighted by Gasteiger charge is -2.08. The first-order valence-corrected chi connectivity index (χ1v) is 6.94. The third-order valence-electron chi connectivity index (χ3n) is 2.86. The van der Waals surface area contributed by atoms with Gasteiger partial charge in [-0.25, -0.2) is 9.18 Å². The third-order valence-corrected chi connectivity index (χ3v) is 2.86. The number of aryl methyl sites for hydroxylation is 1. The van der Waals surface area contributed by atoms with E-state index in [0.29, 0.717) is 5.75 Å². The van der Waals surface area contributed by atoms with E-state index < -0.39 is 24.3 Å². The first-order chi connectivity index (χ1) is 11.0. The number of hydrogen-bond donors (Lipinski definition) is 1. The average Bonchev–Trinajstić information content (AvgIpc) is 2.54. The van der Waals surface area contributed by atoms with Gasteiger partial charge in [-0.05, 0) is 36.8 Å². The number of anilines is 1. The van der Waals surface area contributed by atoms with E-state index in [1.165, 1.54) is 12.1 Å². The summed E-state index contributed by atoms with van der Waals surface area (Å²) in [6, 6.07) is 13.2. The fraction of sp³-hybridized carbons (Fsp3) is 0.176. The monoisotopic (exact) mass is 317 g/mol. The molecule has 0 atom stereocenters. The van der Waals surface area contributed by atoms with Gasteiger partial charge >= 0.3 is 5.97 Å². The van der Waals surface area contributed by atoms with E-state index in [0.717, 1.165) is 5.56 Å². The zero-order chi connectivity index (χ0) is 16.7. The Morgan fingerprint density at radius 1 is 1.09 bits per heavy atom. The van der Waals surface area contributed by atoms with Crippen molar-refractivity contribution in [1.29, 1.82) is 0 Å². The Bertz CT molecular complexity index is 688. The molecule has 2 aromatic rings. The van der Waals surface area contributed by atoms with E-state index in [9.17, 15) is 14.0 Å². The molecule has 0 aliphatic carbocycles. The van der Waals surface area contributed by atoms with Gasteiger partial charge in [-0.1, -0.05) is 24.3 Å². The van der Waals surface area contributed by atoms with Crippen LogP contribution in [0.4, 0.5) is 10.1 Å². The lowest BCUT2D eigenvalue weighted by atomic mass is 10.2. The van der Waals surface area contributed by atoms with Gasteiger partial charge in [0.25, 0.3) is 5.91 Å². The predicted molar refractivity (Wildman–Crippen MR) is 82.7 cm³/mol. The highest BCUT2D eigenvalue weighted by atomic mass is 19.1. The van der Waals surface area contributed by atoms with Crippen LogP contribution in [0.15, 0.2) is 48.5 Å². The number of amides is 1. The fourth-order valence-corrected chi connectivity index (χ4v) is 1.75. The molecule has 6 heteroatoms. The summed E-state index contributed by atoms with van der Waals surface area (Å²) in [7, 11) is 0. The highest BCUT2D eigenvalue weighted by Gasteiger charge is 2.11. The van der Waals surface area contributed by atoms with Crippen molar-refractivity contribution >= 4 is 17.6 Å². The van der Waals surface area contributed by atoms with Crippen LogP contribution in [0.1, 0.15) is 5.56 Å². The van der Waals surface area contributed by atoms with Gasteiger partial charge in [0.1, 0.15) is 11.6 Å². The molecule has 0 heterocycles. The van der Waals surface area contributed by atoms with Crippen LogP contribution in [0.2, 0.25) is 0 Å². The number of rotatable bonds is 6. The normalized spacial score (nSPS) is 10.0. The van der Waals surface area contributed by atoms with Crippen molar-refractivity contribution in [2.45, 2.75) is 6.92 Å². The van der Waals surface area contributed by atoms with E-state index in [1.807, 2.05) is 6.07 Å². The van der Waals surface area contributed by atoms with Gasteiger partial charge in [-0.3, -0.25) is 4.79 Å². The van der Waals surface area contributed by atoms with Crippen LogP contribution in [0.25, 0.3) is 0 Å². The highest BCUT2D eigenvalue weighted by molar-refractivity contribution is 5.93. The standard InChI is InChI=1S/C17H16FNO4/c1-12-7-8-15(14(18)9-12)19-16(20)10-23-17(21)11-22-13-5-3-2-4-6-13/h2-9H,10-11H2,1H3,(H,19,20). The van der Waals surface area contributed by atoms with Crippen LogP contribution in [0.5, 0.6) is 5.75 Å². The molecular formula is C17H16FNO4. The first kappa shape index (κ1) is 16.5. The topological polar surface area (TPSA) is 64.6 Å². The summed E-state index contributed by atoms with van der Waals surface area (Å²) in [6.07, 6.45) is 0. The Hall–Kier alpha value is -2.89. The molecule has 23 heavy (non-hydrogen) atoms. The van der Waals surface area contributed by atoms with E-state index in [2.05, 4.69) is 5.32 Å². The van der Waals surface area contributed by atoms with Crippen molar-refractivity contribution in [3.63, 3.8) is 0 Å². The van der Waals surface area contributed by atoms with Crippen molar-refractivity contribution in [2.24, 2.45) is 0 Å². The summed E-state index contributed by atoms with van der Waals surface area (Å²) >= 11 is 0. The predicted octanol–water partition coefficient (Wildman–Crippen LogP) is 2.69. The first-order valence-electron chi connectivity index (χ1n) is 6.94. The second-order valence-corrected chi connectivity index (χ2v) is 4.79. The molecule has 0 unspecified atom stereocenters. The van der Waals surface area contributed by atoms with Gasteiger partial charge < -0.3 is 14.8 Å². The molecule has 0 radical (unpaired) electrons. The number of ether oxygens (including phenoxy) is 2. The molecule has 0 fully saturated rings. The van der Waals surface area contributed by atoms with Crippen LogP contribution in [0.3, 0.4) is 0 Å². The van der Waals surface area contributed by atoms with Crippen molar-refractivity contribution in [1.82, 2.24) is 0 Å². The molecule has 0 bridgehead atoms. The maximum absolute atomic E-state index is 13.6. The number of nitrogens with one attached hydrogen (secondary N) is 1. The maximum Gasteiger partial charge on any atom is 0.344 e.